The Morgan fingerprint density at radius 1 is 1.17 bits per heavy atom. The molecule has 6 heteroatoms. The first-order valence-corrected chi connectivity index (χ1v) is 8.21. The van der Waals surface area contributed by atoms with E-state index in [1.54, 1.807) is 0 Å². The molecule has 0 atom stereocenters. The maximum Gasteiger partial charge on any atom is 0.231 e. The Hall–Kier alpha value is -1.46. The molecule has 2 fully saturated rings. The Morgan fingerprint density at radius 2 is 1.96 bits per heavy atom. The molecule has 2 heterocycles. The lowest BCUT2D eigenvalue weighted by Crippen LogP contribution is -2.45. The predicted molar refractivity (Wildman–Crippen MR) is 89.0 cm³/mol. The summed E-state index contributed by atoms with van der Waals surface area (Å²) in [5, 5.41) is 3.60. The van der Waals surface area contributed by atoms with Gasteiger partial charge in [-0.3, -0.25) is 4.79 Å². The molecule has 1 aromatic rings. The van der Waals surface area contributed by atoms with E-state index in [-0.39, 0.29) is 12.4 Å². The number of likely N-dealkylation sites (tertiary alicyclic amines) is 1. The summed E-state index contributed by atoms with van der Waals surface area (Å²) >= 11 is 0. The van der Waals surface area contributed by atoms with Crippen LogP contribution in [0.25, 0.3) is 0 Å². The number of ether oxygens (including phenoxy) is 2. The highest BCUT2D eigenvalue weighted by Gasteiger charge is 2.34. The van der Waals surface area contributed by atoms with Gasteiger partial charge >= 0.3 is 0 Å². The normalized spacial score (nSPS) is 20.3. The average Bonchev–Trinajstić information content (AvgIpc) is 3.30. The SMILES string of the molecule is Cl.O=C(C1CC1)N1CCC(NCc2cccc3c2OCO3)CC1. The highest BCUT2D eigenvalue weighted by molar-refractivity contribution is 5.85. The van der Waals surface area contributed by atoms with Crippen molar-refractivity contribution in [2.24, 2.45) is 5.92 Å². The van der Waals surface area contributed by atoms with Gasteiger partial charge in [0.25, 0.3) is 0 Å². The molecular weight excluding hydrogens is 316 g/mol. The number of halogens is 1. The minimum absolute atomic E-state index is 0. The first-order valence-electron chi connectivity index (χ1n) is 8.21. The van der Waals surface area contributed by atoms with Crippen LogP contribution in [0.5, 0.6) is 11.5 Å². The Bertz CT molecular complexity index is 569. The molecule has 1 saturated carbocycles. The molecule has 3 aliphatic rings. The number of hydrogen-bond acceptors (Lipinski definition) is 4. The Morgan fingerprint density at radius 3 is 2.70 bits per heavy atom. The van der Waals surface area contributed by atoms with Gasteiger partial charge in [0.2, 0.25) is 12.7 Å². The third-order valence-corrected chi connectivity index (χ3v) is 4.79. The van der Waals surface area contributed by atoms with E-state index in [4.69, 9.17) is 9.47 Å². The van der Waals surface area contributed by atoms with Crippen LogP contribution in [0.3, 0.4) is 0 Å². The van der Waals surface area contributed by atoms with Crippen LogP contribution >= 0.6 is 12.4 Å². The van der Waals surface area contributed by atoms with E-state index in [1.165, 1.54) is 0 Å². The summed E-state index contributed by atoms with van der Waals surface area (Å²) in [4.78, 5) is 14.1. The molecule has 1 aromatic carbocycles. The summed E-state index contributed by atoms with van der Waals surface area (Å²) in [6.45, 7) is 2.88. The second kappa shape index (κ2) is 6.97. The van der Waals surface area contributed by atoms with E-state index in [1.807, 2.05) is 17.0 Å². The number of nitrogens with zero attached hydrogens (tertiary/aromatic N) is 1. The van der Waals surface area contributed by atoms with Crippen LogP contribution in [0, 0.1) is 5.92 Å². The van der Waals surface area contributed by atoms with E-state index in [9.17, 15) is 4.79 Å². The van der Waals surface area contributed by atoms with Crippen molar-refractivity contribution in [1.29, 1.82) is 0 Å². The summed E-state index contributed by atoms with van der Waals surface area (Å²) < 4.78 is 10.9. The van der Waals surface area contributed by atoms with E-state index in [2.05, 4.69) is 11.4 Å². The number of carbonyl (C=O) groups is 1. The Balaban J connectivity index is 0.00000156. The molecule has 2 aliphatic heterocycles. The van der Waals surface area contributed by atoms with Crippen LogP contribution in [0.1, 0.15) is 31.2 Å². The first-order chi connectivity index (χ1) is 10.8. The summed E-state index contributed by atoms with van der Waals surface area (Å²) in [6.07, 6.45) is 4.26. The zero-order valence-electron chi connectivity index (χ0n) is 13.1. The number of para-hydroxylation sites is 1. The maximum atomic E-state index is 12.0. The van der Waals surface area contributed by atoms with E-state index < -0.39 is 0 Å². The van der Waals surface area contributed by atoms with Crippen LogP contribution in [0.2, 0.25) is 0 Å². The van der Waals surface area contributed by atoms with Gasteiger partial charge in [0.1, 0.15) is 0 Å². The fraction of sp³-hybridized carbons (Fsp3) is 0.588. The summed E-state index contributed by atoms with van der Waals surface area (Å²) in [6, 6.07) is 6.49. The molecule has 0 unspecified atom stereocenters. The van der Waals surface area contributed by atoms with Crippen molar-refractivity contribution in [3.05, 3.63) is 23.8 Å². The molecule has 4 rings (SSSR count). The lowest BCUT2D eigenvalue weighted by molar-refractivity contribution is -0.133. The number of fused-ring (bicyclic) bond motifs is 1. The highest BCUT2D eigenvalue weighted by Crippen LogP contribution is 2.35. The lowest BCUT2D eigenvalue weighted by Gasteiger charge is -2.32. The van der Waals surface area contributed by atoms with Gasteiger partial charge in [-0.25, -0.2) is 0 Å². The fourth-order valence-electron chi connectivity index (χ4n) is 3.28. The highest BCUT2D eigenvalue weighted by atomic mass is 35.5. The largest absolute Gasteiger partial charge is 0.454 e. The minimum Gasteiger partial charge on any atom is -0.454 e. The minimum atomic E-state index is 0. The Kier molecular flexibility index (Phi) is 4.97. The van der Waals surface area contributed by atoms with Crippen molar-refractivity contribution in [3.63, 3.8) is 0 Å². The summed E-state index contributed by atoms with van der Waals surface area (Å²) in [5.74, 6) is 2.43. The molecule has 1 saturated heterocycles. The molecule has 0 bridgehead atoms. The number of benzene rings is 1. The van der Waals surface area contributed by atoms with Crippen LogP contribution in [-0.2, 0) is 11.3 Å². The second-order valence-corrected chi connectivity index (χ2v) is 6.41. The molecule has 5 nitrogen and oxygen atoms in total. The smallest absolute Gasteiger partial charge is 0.231 e. The molecule has 1 N–H and O–H groups in total. The monoisotopic (exact) mass is 338 g/mol. The third-order valence-electron chi connectivity index (χ3n) is 4.79. The number of hydrogen-bond donors (Lipinski definition) is 1. The van der Waals surface area contributed by atoms with Gasteiger partial charge in [-0.05, 0) is 31.7 Å². The first kappa shape index (κ1) is 16.4. The zero-order chi connectivity index (χ0) is 14.9. The number of amides is 1. The molecule has 1 aliphatic carbocycles. The van der Waals surface area contributed by atoms with E-state index >= 15 is 0 Å². The third kappa shape index (κ3) is 3.56. The van der Waals surface area contributed by atoms with Crippen molar-refractivity contribution in [2.75, 3.05) is 19.9 Å². The van der Waals surface area contributed by atoms with E-state index in [0.29, 0.717) is 24.7 Å². The van der Waals surface area contributed by atoms with Crippen molar-refractivity contribution in [1.82, 2.24) is 10.2 Å². The van der Waals surface area contributed by atoms with Gasteiger partial charge in [-0.2, -0.15) is 0 Å². The number of carbonyl (C=O) groups excluding carboxylic acids is 1. The summed E-state index contributed by atoms with van der Waals surface area (Å²) in [5.41, 5.74) is 1.14. The van der Waals surface area contributed by atoms with Crippen LogP contribution in [0.15, 0.2) is 18.2 Å². The summed E-state index contributed by atoms with van der Waals surface area (Å²) in [7, 11) is 0. The zero-order valence-corrected chi connectivity index (χ0v) is 13.9. The predicted octanol–water partition coefficient (Wildman–Crippen LogP) is 2.33. The average molecular weight is 339 g/mol. The number of nitrogens with one attached hydrogen (secondary N) is 1. The number of rotatable bonds is 4. The van der Waals surface area contributed by atoms with Gasteiger partial charge in [0, 0.05) is 37.2 Å². The molecule has 0 aromatic heterocycles. The van der Waals surface area contributed by atoms with Gasteiger partial charge in [0.15, 0.2) is 11.5 Å². The molecule has 23 heavy (non-hydrogen) atoms. The number of piperidine rings is 1. The Labute approximate surface area is 142 Å². The molecule has 0 spiro atoms. The van der Waals surface area contributed by atoms with Gasteiger partial charge < -0.3 is 19.7 Å². The van der Waals surface area contributed by atoms with Crippen molar-refractivity contribution < 1.29 is 14.3 Å². The van der Waals surface area contributed by atoms with Crippen LogP contribution < -0.4 is 14.8 Å². The van der Waals surface area contributed by atoms with Crippen LogP contribution in [0.4, 0.5) is 0 Å². The van der Waals surface area contributed by atoms with Crippen molar-refractivity contribution in [3.8, 4) is 11.5 Å². The molecule has 126 valence electrons. The fourth-order valence-corrected chi connectivity index (χ4v) is 3.28. The van der Waals surface area contributed by atoms with Crippen molar-refractivity contribution in [2.45, 2.75) is 38.3 Å². The quantitative estimate of drug-likeness (QED) is 0.915. The molecule has 1 amide bonds. The van der Waals surface area contributed by atoms with Crippen molar-refractivity contribution >= 4 is 18.3 Å². The van der Waals surface area contributed by atoms with Gasteiger partial charge in [-0.15, -0.1) is 12.4 Å². The van der Waals surface area contributed by atoms with Gasteiger partial charge in [0.05, 0.1) is 0 Å². The topological polar surface area (TPSA) is 50.8 Å². The molecular formula is C17H23ClN2O3. The molecule has 0 radical (unpaired) electrons. The standard InChI is InChI=1S/C17H22N2O3.ClH/c20-17(12-4-5-12)19-8-6-14(7-9-19)18-10-13-2-1-3-15-16(13)22-11-21-15;/h1-3,12,14,18H,4-11H2;1H. The van der Waals surface area contributed by atoms with Crippen LogP contribution in [-0.4, -0.2) is 36.7 Å². The van der Waals surface area contributed by atoms with E-state index in [0.717, 1.165) is 62.4 Å². The van der Waals surface area contributed by atoms with Gasteiger partial charge in [-0.1, -0.05) is 12.1 Å². The second-order valence-electron chi connectivity index (χ2n) is 6.41. The lowest BCUT2D eigenvalue weighted by atomic mass is 10.0. The maximum absolute atomic E-state index is 12.0.